The fraction of sp³-hybridized carbons (Fsp3) is 0.0556. The van der Waals surface area contributed by atoms with E-state index >= 15 is 0 Å². The third-order valence-corrected chi connectivity index (χ3v) is 4.64. The third kappa shape index (κ3) is 3.18. The SMILES string of the molecule is O=C(CSc1nnc2ccc3ccccc3n12)Nc1ccc(F)cc1. The maximum atomic E-state index is 12.9. The highest BCUT2D eigenvalue weighted by molar-refractivity contribution is 7.99. The monoisotopic (exact) mass is 352 g/mol. The number of hydrogen-bond acceptors (Lipinski definition) is 4. The highest BCUT2D eigenvalue weighted by atomic mass is 32.2. The topological polar surface area (TPSA) is 59.3 Å². The Kier molecular flexibility index (Phi) is 4.07. The van der Waals surface area contributed by atoms with E-state index in [0.29, 0.717) is 10.8 Å². The Morgan fingerprint density at radius 2 is 1.84 bits per heavy atom. The quantitative estimate of drug-likeness (QED) is 0.568. The van der Waals surface area contributed by atoms with E-state index in [9.17, 15) is 9.18 Å². The average Bonchev–Trinajstić information content (AvgIpc) is 3.06. The van der Waals surface area contributed by atoms with Gasteiger partial charge in [0, 0.05) is 5.69 Å². The second-order valence-corrected chi connectivity index (χ2v) is 6.35. The van der Waals surface area contributed by atoms with Gasteiger partial charge in [-0.1, -0.05) is 30.0 Å². The number of thioether (sulfide) groups is 1. The molecule has 4 rings (SSSR count). The molecule has 1 N–H and O–H groups in total. The minimum Gasteiger partial charge on any atom is -0.325 e. The molecule has 4 aromatic rings. The van der Waals surface area contributed by atoms with Gasteiger partial charge in [-0.2, -0.15) is 0 Å². The van der Waals surface area contributed by atoms with Crippen molar-refractivity contribution in [1.29, 1.82) is 0 Å². The average molecular weight is 352 g/mol. The molecule has 2 heterocycles. The van der Waals surface area contributed by atoms with Crippen molar-refractivity contribution in [1.82, 2.24) is 14.6 Å². The first-order valence-corrected chi connectivity index (χ1v) is 8.60. The molecule has 0 spiro atoms. The minimum absolute atomic E-state index is 0.182. The molecule has 0 unspecified atom stereocenters. The number of fused-ring (bicyclic) bond motifs is 3. The van der Waals surface area contributed by atoms with Crippen LogP contribution in [0.1, 0.15) is 0 Å². The number of pyridine rings is 1. The number of amides is 1. The Balaban J connectivity index is 1.54. The molecule has 0 aliphatic heterocycles. The number of hydrogen-bond donors (Lipinski definition) is 1. The Bertz CT molecular complexity index is 1060. The standard InChI is InChI=1S/C18H13FN4OS/c19-13-6-8-14(9-7-13)20-17(24)11-25-18-22-21-16-10-5-12-3-1-2-4-15(12)23(16)18/h1-10H,11H2,(H,20,24). The molecule has 1 amide bonds. The van der Waals surface area contributed by atoms with Crippen LogP contribution in [0.15, 0.2) is 65.8 Å². The molecule has 5 nitrogen and oxygen atoms in total. The van der Waals surface area contributed by atoms with Crippen molar-refractivity contribution in [3.8, 4) is 0 Å². The number of nitrogens with zero attached hydrogens (tertiary/aromatic N) is 3. The molecule has 25 heavy (non-hydrogen) atoms. The van der Waals surface area contributed by atoms with Crippen LogP contribution >= 0.6 is 11.8 Å². The smallest absolute Gasteiger partial charge is 0.234 e. The summed E-state index contributed by atoms with van der Waals surface area (Å²) >= 11 is 1.31. The van der Waals surface area contributed by atoms with Gasteiger partial charge in [0.05, 0.1) is 11.3 Å². The van der Waals surface area contributed by atoms with E-state index in [4.69, 9.17) is 0 Å². The number of rotatable bonds is 4. The van der Waals surface area contributed by atoms with Gasteiger partial charge in [-0.05, 0) is 47.9 Å². The largest absolute Gasteiger partial charge is 0.325 e. The molecule has 0 aliphatic rings. The summed E-state index contributed by atoms with van der Waals surface area (Å²) in [6.45, 7) is 0. The molecule has 0 bridgehead atoms. The summed E-state index contributed by atoms with van der Waals surface area (Å²) in [4.78, 5) is 12.1. The Morgan fingerprint density at radius 3 is 2.68 bits per heavy atom. The fourth-order valence-electron chi connectivity index (χ4n) is 2.57. The lowest BCUT2D eigenvalue weighted by molar-refractivity contribution is -0.113. The molecule has 2 aromatic carbocycles. The van der Waals surface area contributed by atoms with Crippen molar-refractivity contribution < 1.29 is 9.18 Å². The minimum atomic E-state index is -0.339. The zero-order valence-electron chi connectivity index (χ0n) is 13.0. The van der Waals surface area contributed by atoms with Gasteiger partial charge in [-0.15, -0.1) is 10.2 Å². The number of aromatic nitrogens is 3. The van der Waals surface area contributed by atoms with Crippen LogP contribution in [-0.4, -0.2) is 26.3 Å². The summed E-state index contributed by atoms with van der Waals surface area (Å²) in [6, 6.07) is 17.5. The van der Waals surface area contributed by atoms with Gasteiger partial charge < -0.3 is 5.32 Å². The van der Waals surface area contributed by atoms with Gasteiger partial charge in [-0.25, -0.2) is 4.39 Å². The van der Waals surface area contributed by atoms with Crippen LogP contribution < -0.4 is 5.32 Å². The highest BCUT2D eigenvalue weighted by Crippen LogP contribution is 2.23. The molecule has 0 saturated carbocycles. The van der Waals surface area contributed by atoms with Crippen LogP contribution in [0.25, 0.3) is 16.6 Å². The number of carbonyl (C=O) groups excluding carboxylic acids is 1. The highest BCUT2D eigenvalue weighted by Gasteiger charge is 2.11. The molecule has 0 atom stereocenters. The summed E-state index contributed by atoms with van der Waals surface area (Å²) < 4.78 is 14.8. The van der Waals surface area contributed by atoms with E-state index in [-0.39, 0.29) is 17.5 Å². The summed E-state index contributed by atoms with van der Waals surface area (Å²) in [7, 11) is 0. The van der Waals surface area contributed by atoms with E-state index < -0.39 is 0 Å². The Hall–Kier alpha value is -2.93. The lowest BCUT2D eigenvalue weighted by Crippen LogP contribution is -2.14. The summed E-state index contributed by atoms with van der Waals surface area (Å²) in [5, 5.41) is 12.8. The molecule has 0 radical (unpaired) electrons. The van der Waals surface area contributed by atoms with Gasteiger partial charge in [0.2, 0.25) is 5.91 Å². The first-order valence-electron chi connectivity index (χ1n) is 7.62. The van der Waals surface area contributed by atoms with Gasteiger partial charge in [0.1, 0.15) is 5.82 Å². The summed E-state index contributed by atoms with van der Waals surface area (Å²) in [6.07, 6.45) is 0. The molecule has 0 saturated heterocycles. The lowest BCUT2D eigenvalue weighted by atomic mass is 10.2. The maximum Gasteiger partial charge on any atom is 0.234 e. The normalized spacial score (nSPS) is 11.1. The van der Waals surface area contributed by atoms with Gasteiger partial charge in [0.25, 0.3) is 0 Å². The van der Waals surface area contributed by atoms with E-state index in [1.807, 2.05) is 40.8 Å². The fourth-order valence-corrected chi connectivity index (χ4v) is 3.32. The van der Waals surface area contributed by atoms with E-state index in [1.165, 1.54) is 36.0 Å². The van der Waals surface area contributed by atoms with Gasteiger partial charge >= 0.3 is 0 Å². The number of halogens is 1. The number of anilines is 1. The van der Waals surface area contributed by atoms with Crippen LogP contribution in [0.4, 0.5) is 10.1 Å². The zero-order chi connectivity index (χ0) is 17.2. The van der Waals surface area contributed by atoms with Crippen LogP contribution in [-0.2, 0) is 4.79 Å². The van der Waals surface area contributed by atoms with E-state index in [2.05, 4.69) is 15.5 Å². The number of benzene rings is 2. The molecular weight excluding hydrogens is 339 g/mol. The Labute approximate surface area is 146 Å². The van der Waals surface area contributed by atoms with Crippen molar-refractivity contribution in [3.05, 3.63) is 66.5 Å². The van der Waals surface area contributed by atoms with Crippen LogP contribution in [0, 0.1) is 5.82 Å². The number of nitrogens with one attached hydrogen (secondary N) is 1. The van der Waals surface area contributed by atoms with Crippen molar-refractivity contribution in [2.45, 2.75) is 5.16 Å². The van der Waals surface area contributed by atoms with Gasteiger partial charge in [0.15, 0.2) is 10.8 Å². The van der Waals surface area contributed by atoms with Gasteiger partial charge in [-0.3, -0.25) is 9.20 Å². The Morgan fingerprint density at radius 1 is 1.04 bits per heavy atom. The predicted molar refractivity (Wildman–Crippen MR) is 96.2 cm³/mol. The van der Waals surface area contributed by atoms with E-state index in [0.717, 1.165) is 16.6 Å². The second-order valence-electron chi connectivity index (χ2n) is 5.41. The summed E-state index contributed by atoms with van der Waals surface area (Å²) in [5.74, 6) is -0.343. The predicted octanol–water partition coefficient (Wildman–Crippen LogP) is 3.75. The molecule has 0 aliphatic carbocycles. The van der Waals surface area contributed by atoms with Crippen LogP contribution in [0.3, 0.4) is 0 Å². The molecular formula is C18H13FN4OS. The second kappa shape index (κ2) is 6.52. The van der Waals surface area contributed by atoms with Crippen molar-refractivity contribution in [2.75, 3.05) is 11.1 Å². The summed E-state index contributed by atoms with van der Waals surface area (Å²) in [5.41, 5.74) is 2.29. The molecule has 124 valence electrons. The molecule has 0 fully saturated rings. The van der Waals surface area contributed by atoms with E-state index in [1.54, 1.807) is 0 Å². The van der Waals surface area contributed by atoms with Crippen LogP contribution in [0.5, 0.6) is 0 Å². The van der Waals surface area contributed by atoms with Crippen molar-refractivity contribution >= 4 is 39.9 Å². The number of para-hydroxylation sites is 1. The molecule has 7 heteroatoms. The molecule has 2 aromatic heterocycles. The van der Waals surface area contributed by atoms with Crippen molar-refractivity contribution in [3.63, 3.8) is 0 Å². The third-order valence-electron chi connectivity index (χ3n) is 3.71. The maximum absolute atomic E-state index is 12.9. The van der Waals surface area contributed by atoms with Crippen molar-refractivity contribution in [2.24, 2.45) is 0 Å². The number of carbonyl (C=O) groups is 1. The first kappa shape index (κ1) is 15.6. The first-order chi connectivity index (χ1) is 12.2. The zero-order valence-corrected chi connectivity index (χ0v) is 13.8. The lowest BCUT2D eigenvalue weighted by Gasteiger charge is -2.06. The van der Waals surface area contributed by atoms with Crippen LogP contribution in [0.2, 0.25) is 0 Å².